The number of Topliss-reactive ketones (excluding diaryl/α,β-unsaturated/α-hetero) is 1. The summed E-state index contributed by atoms with van der Waals surface area (Å²) in [5.41, 5.74) is 2.64. The van der Waals surface area contributed by atoms with Crippen molar-refractivity contribution in [3.05, 3.63) is 64.3 Å². The van der Waals surface area contributed by atoms with Crippen molar-refractivity contribution in [3.8, 4) is 11.5 Å². The zero-order chi connectivity index (χ0) is 22.3. The first-order valence-corrected chi connectivity index (χ1v) is 10.7. The zero-order valence-electron chi connectivity index (χ0n) is 18.2. The van der Waals surface area contributed by atoms with Gasteiger partial charge < -0.3 is 9.47 Å². The summed E-state index contributed by atoms with van der Waals surface area (Å²) in [6.07, 6.45) is 1.23. The molecule has 0 fully saturated rings. The van der Waals surface area contributed by atoms with Crippen LogP contribution >= 0.6 is 11.6 Å². The molecule has 0 saturated heterocycles. The van der Waals surface area contributed by atoms with Crippen molar-refractivity contribution in [1.29, 1.82) is 0 Å². The standard InChI is InChI=1S/C25H26ClNO4/c1-25(2)13-21-24(22(28)14-25)19(18-7-5-6-8-20(18)26)12-23(29)27(21)15-9-16(30-3)11-17(10-15)31-4/h5-11,19H,12-14H2,1-4H3. The van der Waals surface area contributed by atoms with E-state index < -0.39 is 0 Å². The Hall–Kier alpha value is -2.79. The predicted octanol–water partition coefficient (Wildman–Crippen LogP) is 5.52. The molecule has 0 aromatic heterocycles. The highest BCUT2D eigenvalue weighted by Gasteiger charge is 2.44. The Morgan fingerprint density at radius 3 is 2.26 bits per heavy atom. The monoisotopic (exact) mass is 439 g/mol. The van der Waals surface area contributed by atoms with Crippen LogP contribution in [-0.4, -0.2) is 25.9 Å². The highest BCUT2D eigenvalue weighted by molar-refractivity contribution is 6.31. The maximum atomic E-state index is 13.5. The third kappa shape index (κ3) is 3.94. The molecule has 5 nitrogen and oxygen atoms in total. The average Bonchev–Trinajstić information content (AvgIpc) is 2.72. The molecule has 2 aliphatic rings. The van der Waals surface area contributed by atoms with Gasteiger partial charge in [-0.25, -0.2) is 0 Å². The molecule has 162 valence electrons. The summed E-state index contributed by atoms with van der Waals surface area (Å²) >= 11 is 6.48. The summed E-state index contributed by atoms with van der Waals surface area (Å²) in [6.45, 7) is 4.12. The third-order valence-electron chi connectivity index (χ3n) is 6.02. The summed E-state index contributed by atoms with van der Waals surface area (Å²) in [5.74, 6) is 0.814. The summed E-state index contributed by atoms with van der Waals surface area (Å²) in [6, 6.07) is 12.8. The average molecular weight is 440 g/mol. The molecule has 1 atom stereocenters. The lowest BCUT2D eigenvalue weighted by atomic mass is 9.69. The summed E-state index contributed by atoms with van der Waals surface area (Å²) in [4.78, 5) is 28.6. The van der Waals surface area contributed by atoms with Crippen LogP contribution in [0.25, 0.3) is 0 Å². The maximum Gasteiger partial charge on any atom is 0.232 e. The molecular formula is C25H26ClNO4. The molecule has 1 aliphatic carbocycles. The number of amides is 1. The highest BCUT2D eigenvalue weighted by atomic mass is 35.5. The van der Waals surface area contributed by atoms with Crippen molar-refractivity contribution in [1.82, 2.24) is 0 Å². The Kier molecular flexibility index (Phi) is 5.56. The number of methoxy groups -OCH3 is 2. The van der Waals surface area contributed by atoms with Gasteiger partial charge in [0.15, 0.2) is 5.78 Å². The van der Waals surface area contributed by atoms with E-state index in [1.807, 2.05) is 18.2 Å². The van der Waals surface area contributed by atoms with Crippen LogP contribution in [0.1, 0.15) is 44.6 Å². The smallest absolute Gasteiger partial charge is 0.232 e. The van der Waals surface area contributed by atoms with Gasteiger partial charge in [0.2, 0.25) is 5.91 Å². The molecule has 4 rings (SSSR count). The number of ketones is 1. The summed E-state index contributed by atoms with van der Waals surface area (Å²) in [7, 11) is 3.14. The SMILES string of the molecule is COc1cc(OC)cc(N2C(=O)CC(c3ccccc3Cl)C3=C2CC(C)(C)CC3=O)c1. The second-order valence-corrected chi connectivity index (χ2v) is 9.29. The van der Waals surface area contributed by atoms with E-state index in [1.54, 1.807) is 43.4 Å². The molecule has 0 N–H and O–H groups in total. The van der Waals surface area contributed by atoms with Gasteiger partial charge in [0.05, 0.1) is 19.9 Å². The number of carbonyl (C=O) groups is 2. The van der Waals surface area contributed by atoms with Crippen LogP contribution in [0.5, 0.6) is 11.5 Å². The maximum absolute atomic E-state index is 13.5. The quantitative estimate of drug-likeness (QED) is 0.629. The first-order valence-electron chi connectivity index (χ1n) is 10.3. The Morgan fingerprint density at radius 1 is 1.00 bits per heavy atom. The summed E-state index contributed by atoms with van der Waals surface area (Å²) in [5, 5.41) is 0.571. The van der Waals surface area contributed by atoms with Crippen LogP contribution < -0.4 is 14.4 Å². The number of ether oxygens (including phenoxy) is 2. The fourth-order valence-electron chi connectivity index (χ4n) is 4.66. The van der Waals surface area contributed by atoms with Gasteiger partial charge in [-0.1, -0.05) is 43.6 Å². The number of halogens is 1. The summed E-state index contributed by atoms with van der Waals surface area (Å²) < 4.78 is 10.8. The molecule has 1 aliphatic heterocycles. The Balaban J connectivity index is 1.93. The van der Waals surface area contributed by atoms with Gasteiger partial charge in [0, 0.05) is 53.3 Å². The lowest BCUT2D eigenvalue weighted by Crippen LogP contribution is -2.43. The Bertz CT molecular complexity index is 1070. The molecule has 1 heterocycles. The molecule has 0 bridgehead atoms. The van der Waals surface area contributed by atoms with Crippen LogP contribution in [0, 0.1) is 5.41 Å². The van der Waals surface area contributed by atoms with E-state index in [0.29, 0.717) is 40.6 Å². The fraction of sp³-hybridized carbons (Fsp3) is 0.360. The number of benzene rings is 2. The van der Waals surface area contributed by atoms with E-state index in [-0.39, 0.29) is 29.4 Å². The molecule has 0 spiro atoms. The highest BCUT2D eigenvalue weighted by Crippen LogP contribution is 2.49. The lowest BCUT2D eigenvalue weighted by molar-refractivity contribution is -0.121. The largest absolute Gasteiger partial charge is 0.497 e. The van der Waals surface area contributed by atoms with Gasteiger partial charge in [0.25, 0.3) is 0 Å². The van der Waals surface area contributed by atoms with Gasteiger partial charge >= 0.3 is 0 Å². The van der Waals surface area contributed by atoms with Crippen molar-refractivity contribution >= 4 is 29.0 Å². The number of anilines is 1. The van der Waals surface area contributed by atoms with Gasteiger partial charge in [-0.05, 0) is 23.5 Å². The van der Waals surface area contributed by atoms with E-state index >= 15 is 0 Å². The molecule has 2 aromatic rings. The second-order valence-electron chi connectivity index (χ2n) is 8.88. The van der Waals surface area contributed by atoms with E-state index in [2.05, 4.69) is 13.8 Å². The molecule has 1 amide bonds. The molecular weight excluding hydrogens is 414 g/mol. The minimum absolute atomic E-state index is 0.0727. The number of nitrogens with zero attached hydrogens (tertiary/aromatic N) is 1. The Morgan fingerprint density at radius 2 is 1.65 bits per heavy atom. The normalized spacial score (nSPS) is 20.5. The van der Waals surface area contributed by atoms with Crippen molar-refractivity contribution in [2.75, 3.05) is 19.1 Å². The molecule has 2 aromatic carbocycles. The van der Waals surface area contributed by atoms with Gasteiger partial charge in [-0.15, -0.1) is 0 Å². The lowest BCUT2D eigenvalue weighted by Gasteiger charge is -2.43. The van der Waals surface area contributed by atoms with Crippen molar-refractivity contribution in [3.63, 3.8) is 0 Å². The van der Waals surface area contributed by atoms with Crippen molar-refractivity contribution in [2.24, 2.45) is 5.41 Å². The number of allylic oxidation sites excluding steroid dienone is 2. The Labute approximate surface area is 187 Å². The number of rotatable bonds is 4. The molecule has 6 heteroatoms. The molecule has 1 unspecified atom stereocenters. The first kappa shape index (κ1) is 21.4. The molecule has 31 heavy (non-hydrogen) atoms. The van der Waals surface area contributed by atoms with Crippen molar-refractivity contribution < 1.29 is 19.1 Å². The van der Waals surface area contributed by atoms with Gasteiger partial charge in [-0.3, -0.25) is 14.5 Å². The van der Waals surface area contributed by atoms with Crippen LogP contribution in [0.2, 0.25) is 5.02 Å². The second kappa shape index (κ2) is 8.04. The van der Waals surface area contributed by atoms with Crippen LogP contribution in [-0.2, 0) is 9.59 Å². The van der Waals surface area contributed by atoms with E-state index in [9.17, 15) is 9.59 Å². The third-order valence-corrected chi connectivity index (χ3v) is 6.36. The zero-order valence-corrected chi connectivity index (χ0v) is 19.0. The van der Waals surface area contributed by atoms with Crippen LogP contribution in [0.3, 0.4) is 0 Å². The fourth-order valence-corrected chi connectivity index (χ4v) is 4.93. The van der Waals surface area contributed by atoms with Crippen molar-refractivity contribution in [2.45, 2.75) is 39.0 Å². The van der Waals surface area contributed by atoms with E-state index in [0.717, 1.165) is 11.3 Å². The van der Waals surface area contributed by atoms with E-state index in [1.165, 1.54) is 0 Å². The topological polar surface area (TPSA) is 55.8 Å². The van der Waals surface area contributed by atoms with Gasteiger partial charge in [-0.2, -0.15) is 0 Å². The minimum atomic E-state index is -0.344. The molecule has 0 radical (unpaired) electrons. The van der Waals surface area contributed by atoms with E-state index in [4.69, 9.17) is 21.1 Å². The number of carbonyl (C=O) groups excluding carboxylic acids is 2. The predicted molar refractivity (Wildman–Crippen MR) is 121 cm³/mol. The number of hydrogen-bond donors (Lipinski definition) is 0. The number of hydrogen-bond acceptors (Lipinski definition) is 4. The van der Waals surface area contributed by atoms with Crippen LogP contribution in [0.15, 0.2) is 53.7 Å². The van der Waals surface area contributed by atoms with Crippen LogP contribution in [0.4, 0.5) is 5.69 Å². The first-order chi connectivity index (χ1) is 14.7. The van der Waals surface area contributed by atoms with Gasteiger partial charge in [0.1, 0.15) is 11.5 Å². The molecule has 0 saturated carbocycles. The minimum Gasteiger partial charge on any atom is -0.497 e.